The van der Waals surface area contributed by atoms with Crippen molar-refractivity contribution in [1.29, 1.82) is 0 Å². The first-order valence-electron chi connectivity index (χ1n) is 5.39. The highest BCUT2D eigenvalue weighted by Gasteiger charge is 1.99. The molecule has 1 amide bonds. The molecule has 0 aliphatic rings. The van der Waals surface area contributed by atoms with E-state index in [0.717, 1.165) is 10.6 Å². The molecule has 17 heavy (non-hydrogen) atoms. The molecule has 2 rings (SSSR count). The van der Waals surface area contributed by atoms with E-state index in [-0.39, 0.29) is 5.91 Å². The van der Waals surface area contributed by atoms with Crippen molar-refractivity contribution in [2.45, 2.75) is 6.42 Å². The maximum atomic E-state index is 11.5. The molecule has 3 heteroatoms. The first kappa shape index (κ1) is 11.6. The first-order valence-corrected chi connectivity index (χ1v) is 6.27. The molecule has 2 nitrogen and oxygen atoms in total. The van der Waals surface area contributed by atoms with Crippen LogP contribution in [-0.4, -0.2) is 5.91 Å². The van der Waals surface area contributed by atoms with Gasteiger partial charge in [0.1, 0.15) is 0 Å². The Kier molecular flexibility index (Phi) is 4.11. The van der Waals surface area contributed by atoms with Gasteiger partial charge in [0.2, 0.25) is 5.91 Å². The Bertz CT molecular complexity index is 488. The topological polar surface area (TPSA) is 29.1 Å². The van der Waals surface area contributed by atoms with Gasteiger partial charge in [0.05, 0.1) is 5.00 Å². The van der Waals surface area contributed by atoms with E-state index in [1.165, 1.54) is 11.3 Å². The smallest absolute Gasteiger partial charge is 0.228 e. The summed E-state index contributed by atoms with van der Waals surface area (Å²) in [5, 5.41) is 5.67. The summed E-state index contributed by atoms with van der Waals surface area (Å²) < 4.78 is 0. The molecule has 1 aromatic carbocycles. The second kappa shape index (κ2) is 6.01. The minimum absolute atomic E-state index is 0.0135. The molecule has 0 radical (unpaired) electrons. The minimum atomic E-state index is 0.0135. The number of thiophene rings is 1. The Morgan fingerprint density at radius 1 is 1.18 bits per heavy atom. The number of carbonyl (C=O) groups is 1. The summed E-state index contributed by atoms with van der Waals surface area (Å²) >= 11 is 1.53. The number of anilines is 1. The Balaban J connectivity index is 1.82. The summed E-state index contributed by atoms with van der Waals surface area (Å²) in [4.78, 5) is 11.5. The Morgan fingerprint density at radius 2 is 2.00 bits per heavy atom. The van der Waals surface area contributed by atoms with Crippen LogP contribution in [-0.2, 0) is 4.79 Å². The van der Waals surface area contributed by atoms with Gasteiger partial charge in [-0.1, -0.05) is 42.5 Å². The zero-order chi connectivity index (χ0) is 11.9. The monoisotopic (exact) mass is 243 g/mol. The van der Waals surface area contributed by atoms with Crippen LogP contribution < -0.4 is 5.32 Å². The number of nitrogens with one attached hydrogen (secondary N) is 1. The van der Waals surface area contributed by atoms with Crippen LogP contribution in [0, 0.1) is 0 Å². The average molecular weight is 243 g/mol. The lowest BCUT2D eigenvalue weighted by Gasteiger charge is -1.98. The zero-order valence-corrected chi connectivity index (χ0v) is 10.1. The molecule has 0 fully saturated rings. The average Bonchev–Trinajstić information content (AvgIpc) is 2.83. The van der Waals surface area contributed by atoms with Crippen LogP contribution in [0.5, 0.6) is 0 Å². The van der Waals surface area contributed by atoms with Gasteiger partial charge in [0, 0.05) is 6.42 Å². The number of amides is 1. The lowest BCUT2D eigenvalue weighted by Crippen LogP contribution is -2.08. The summed E-state index contributed by atoms with van der Waals surface area (Å²) in [5.41, 5.74) is 1.11. The molecule has 1 N–H and O–H groups in total. The lowest BCUT2D eigenvalue weighted by atomic mass is 10.2. The van der Waals surface area contributed by atoms with Crippen molar-refractivity contribution in [3.05, 3.63) is 59.5 Å². The number of hydrogen-bond donors (Lipinski definition) is 1. The maximum Gasteiger partial charge on any atom is 0.228 e. The fraction of sp³-hybridized carbons (Fsp3) is 0.0714. The second-order valence-corrected chi connectivity index (χ2v) is 4.49. The second-order valence-electron chi connectivity index (χ2n) is 3.54. The van der Waals surface area contributed by atoms with Gasteiger partial charge in [0.15, 0.2) is 0 Å². The molecule has 0 aliphatic carbocycles. The van der Waals surface area contributed by atoms with E-state index in [9.17, 15) is 4.79 Å². The minimum Gasteiger partial charge on any atom is -0.317 e. The summed E-state index contributed by atoms with van der Waals surface area (Å²) in [5.74, 6) is 0.0135. The molecule has 0 spiro atoms. The lowest BCUT2D eigenvalue weighted by molar-refractivity contribution is -0.115. The van der Waals surface area contributed by atoms with Crippen molar-refractivity contribution in [2.75, 3.05) is 5.32 Å². The molecule has 0 bridgehead atoms. The molecule has 0 saturated heterocycles. The molecule has 0 aliphatic heterocycles. The molecule has 86 valence electrons. The fourth-order valence-electron chi connectivity index (χ4n) is 1.40. The van der Waals surface area contributed by atoms with Gasteiger partial charge in [0.25, 0.3) is 0 Å². The van der Waals surface area contributed by atoms with Crippen LogP contribution in [0.1, 0.15) is 12.0 Å². The predicted octanol–water partition coefficient (Wildman–Crippen LogP) is 3.79. The van der Waals surface area contributed by atoms with Gasteiger partial charge in [-0.2, -0.15) is 0 Å². The number of rotatable bonds is 4. The van der Waals surface area contributed by atoms with Gasteiger partial charge < -0.3 is 5.32 Å². The van der Waals surface area contributed by atoms with E-state index in [2.05, 4.69) is 5.32 Å². The van der Waals surface area contributed by atoms with Crippen LogP contribution in [0.2, 0.25) is 0 Å². The summed E-state index contributed by atoms with van der Waals surface area (Å²) in [6.07, 6.45) is 4.22. The molecule has 2 aromatic rings. The molecular formula is C14H13NOS. The van der Waals surface area contributed by atoms with E-state index < -0.39 is 0 Å². The van der Waals surface area contributed by atoms with Crippen LogP contribution >= 0.6 is 11.3 Å². The number of benzene rings is 1. The summed E-state index contributed by atoms with van der Waals surface area (Å²) in [6.45, 7) is 0. The van der Waals surface area contributed by atoms with E-state index in [1.54, 1.807) is 0 Å². The van der Waals surface area contributed by atoms with Crippen molar-refractivity contribution in [1.82, 2.24) is 0 Å². The highest BCUT2D eigenvalue weighted by molar-refractivity contribution is 7.14. The third-order valence-corrected chi connectivity index (χ3v) is 2.98. The van der Waals surface area contributed by atoms with Gasteiger partial charge in [-0.25, -0.2) is 0 Å². The van der Waals surface area contributed by atoms with Crippen LogP contribution in [0.25, 0.3) is 6.08 Å². The van der Waals surface area contributed by atoms with Crippen molar-refractivity contribution < 1.29 is 4.79 Å². The first-order chi connectivity index (χ1) is 8.34. The number of carbonyl (C=O) groups excluding carboxylic acids is 1. The van der Waals surface area contributed by atoms with Gasteiger partial charge in [-0.3, -0.25) is 4.79 Å². The van der Waals surface area contributed by atoms with E-state index in [0.29, 0.717) is 6.42 Å². The normalized spacial score (nSPS) is 10.6. The summed E-state index contributed by atoms with van der Waals surface area (Å²) in [7, 11) is 0. The Hall–Kier alpha value is -1.87. The predicted molar refractivity (Wildman–Crippen MR) is 73.0 cm³/mol. The Labute approximate surface area is 105 Å². The summed E-state index contributed by atoms with van der Waals surface area (Å²) in [6, 6.07) is 13.8. The standard InChI is InChI=1S/C14H13NOS/c16-13(15-14-10-5-11-17-14)9-4-8-12-6-2-1-3-7-12/h1-8,10-11H,9H2,(H,15,16). The molecular weight excluding hydrogens is 230 g/mol. The fourth-order valence-corrected chi connectivity index (χ4v) is 2.04. The molecule has 0 saturated carbocycles. The third kappa shape index (κ3) is 3.89. The maximum absolute atomic E-state index is 11.5. The van der Waals surface area contributed by atoms with Gasteiger partial charge in [-0.05, 0) is 23.1 Å². The highest BCUT2D eigenvalue weighted by Crippen LogP contribution is 2.15. The SMILES string of the molecule is O=C(CC=Cc1ccccc1)Nc1cccs1. The number of hydrogen-bond acceptors (Lipinski definition) is 2. The molecule has 1 heterocycles. The quantitative estimate of drug-likeness (QED) is 0.869. The molecule has 0 atom stereocenters. The van der Waals surface area contributed by atoms with Crippen LogP contribution in [0.15, 0.2) is 53.9 Å². The van der Waals surface area contributed by atoms with Gasteiger partial charge >= 0.3 is 0 Å². The zero-order valence-electron chi connectivity index (χ0n) is 9.30. The van der Waals surface area contributed by atoms with E-state index >= 15 is 0 Å². The largest absolute Gasteiger partial charge is 0.317 e. The van der Waals surface area contributed by atoms with Crippen LogP contribution in [0.3, 0.4) is 0 Å². The van der Waals surface area contributed by atoms with Crippen molar-refractivity contribution >= 4 is 28.3 Å². The Morgan fingerprint density at radius 3 is 2.71 bits per heavy atom. The molecule has 0 unspecified atom stereocenters. The molecule has 1 aromatic heterocycles. The van der Waals surface area contributed by atoms with Crippen molar-refractivity contribution in [3.8, 4) is 0 Å². The van der Waals surface area contributed by atoms with Crippen LogP contribution in [0.4, 0.5) is 5.00 Å². The van der Waals surface area contributed by atoms with Gasteiger partial charge in [-0.15, -0.1) is 11.3 Å². The third-order valence-electron chi connectivity index (χ3n) is 2.20. The highest BCUT2D eigenvalue weighted by atomic mass is 32.1. The van der Waals surface area contributed by atoms with Crippen molar-refractivity contribution in [3.63, 3.8) is 0 Å². The van der Waals surface area contributed by atoms with E-state index in [1.807, 2.05) is 60.0 Å². The van der Waals surface area contributed by atoms with E-state index in [4.69, 9.17) is 0 Å². The van der Waals surface area contributed by atoms with Crippen molar-refractivity contribution in [2.24, 2.45) is 0 Å².